The predicted molar refractivity (Wildman–Crippen MR) is 119 cm³/mol. The van der Waals surface area contributed by atoms with Gasteiger partial charge in [0, 0.05) is 55.4 Å². The molecule has 2 amide bonds. The number of primary amides is 1. The number of nitrogens with two attached hydrogens (primary N) is 1. The van der Waals surface area contributed by atoms with Crippen molar-refractivity contribution in [3.8, 4) is 0 Å². The Labute approximate surface area is 189 Å². The molecule has 170 valence electrons. The number of rotatable bonds is 7. The number of anilines is 1. The summed E-state index contributed by atoms with van der Waals surface area (Å²) in [6.45, 7) is 1.36. The summed E-state index contributed by atoms with van der Waals surface area (Å²) in [5, 5.41) is 2.88. The first-order valence-electron chi connectivity index (χ1n) is 10.6. The van der Waals surface area contributed by atoms with E-state index in [2.05, 4.69) is 15.3 Å². The summed E-state index contributed by atoms with van der Waals surface area (Å²) >= 11 is 0. The van der Waals surface area contributed by atoms with Crippen molar-refractivity contribution in [2.24, 2.45) is 5.73 Å². The fourth-order valence-corrected chi connectivity index (χ4v) is 3.77. The minimum absolute atomic E-state index is 0.0256. The summed E-state index contributed by atoms with van der Waals surface area (Å²) in [6.07, 6.45) is 5.24. The summed E-state index contributed by atoms with van der Waals surface area (Å²) in [4.78, 5) is 34.7. The maximum Gasteiger partial charge on any atom is 0.255 e. The third-order valence-corrected chi connectivity index (χ3v) is 5.57. The lowest BCUT2D eigenvalue weighted by atomic mass is 10.1. The molecule has 4 rings (SSSR count). The topological polar surface area (TPSA) is 101 Å². The zero-order valence-electron chi connectivity index (χ0n) is 17.9. The Bertz CT molecular complexity index is 1160. The number of amides is 2. The van der Waals surface area contributed by atoms with Crippen molar-refractivity contribution >= 4 is 17.5 Å². The zero-order valence-corrected chi connectivity index (χ0v) is 17.9. The zero-order chi connectivity index (χ0) is 23.4. The van der Waals surface area contributed by atoms with E-state index in [9.17, 15) is 18.4 Å². The minimum Gasteiger partial charge on any atom is -0.380 e. The van der Waals surface area contributed by atoms with E-state index in [-0.39, 0.29) is 23.6 Å². The van der Waals surface area contributed by atoms with Gasteiger partial charge in [0.05, 0.1) is 16.8 Å². The fourth-order valence-electron chi connectivity index (χ4n) is 3.77. The highest BCUT2D eigenvalue weighted by Gasteiger charge is 2.20. The normalized spacial score (nSPS) is 13.2. The van der Waals surface area contributed by atoms with Gasteiger partial charge in [-0.2, -0.15) is 0 Å². The van der Waals surface area contributed by atoms with Gasteiger partial charge in [0.15, 0.2) is 0 Å². The number of nitrogens with one attached hydrogen (secondary N) is 1. The second-order valence-electron chi connectivity index (χ2n) is 7.85. The van der Waals surface area contributed by atoms with Crippen molar-refractivity contribution in [2.75, 3.05) is 18.4 Å². The maximum absolute atomic E-state index is 13.9. The van der Waals surface area contributed by atoms with Crippen LogP contribution in [0.25, 0.3) is 0 Å². The first kappa shape index (κ1) is 22.3. The molecule has 1 saturated heterocycles. The molecular formula is C24H23F2N5O2. The molecule has 0 unspecified atom stereocenters. The summed E-state index contributed by atoms with van der Waals surface area (Å²) in [5.74, 6) is -2.12. The Morgan fingerprint density at radius 2 is 1.70 bits per heavy atom. The standard InChI is InChI=1S/C24H23F2N5O2/c25-20-4-3-5-21(26)18(20)13-30-22-11-17(29-14-19(22)23(27)32)10-16-7-6-15(12-28-16)24(33)31-8-1-2-9-31/h3-7,11-12,14H,1-2,8-10,13H2,(H2,27,32)(H,29,30). The number of benzene rings is 1. The quantitative estimate of drug-likeness (QED) is 0.574. The van der Waals surface area contributed by atoms with Gasteiger partial charge < -0.3 is 16.0 Å². The van der Waals surface area contributed by atoms with Crippen molar-refractivity contribution in [1.29, 1.82) is 0 Å². The molecule has 1 aliphatic rings. The van der Waals surface area contributed by atoms with E-state index < -0.39 is 17.5 Å². The number of nitrogens with zero attached hydrogens (tertiary/aromatic N) is 3. The highest BCUT2D eigenvalue weighted by molar-refractivity contribution is 5.98. The lowest BCUT2D eigenvalue weighted by Gasteiger charge is -2.15. The van der Waals surface area contributed by atoms with Crippen LogP contribution in [0.4, 0.5) is 14.5 Å². The van der Waals surface area contributed by atoms with Gasteiger partial charge in [0.25, 0.3) is 11.8 Å². The van der Waals surface area contributed by atoms with Crippen LogP contribution in [0.5, 0.6) is 0 Å². The van der Waals surface area contributed by atoms with Crippen LogP contribution in [0.3, 0.4) is 0 Å². The van der Waals surface area contributed by atoms with Crippen LogP contribution in [-0.4, -0.2) is 39.8 Å². The third-order valence-electron chi connectivity index (χ3n) is 5.57. The van der Waals surface area contributed by atoms with Gasteiger partial charge in [-0.15, -0.1) is 0 Å². The van der Waals surface area contributed by atoms with E-state index in [1.54, 1.807) is 24.4 Å². The molecule has 0 spiro atoms. The lowest BCUT2D eigenvalue weighted by Crippen LogP contribution is -2.27. The Balaban J connectivity index is 1.50. The molecule has 2 aromatic heterocycles. The molecule has 0 bridgehead atoms. The SMILES string of the molecule is NC(=O)c1cnc(Cc2ccc(C(=O)N3CCCC3)cn2)cc1NCc1c(F)cccc1F. The maximum atomic E-state index is 13.9. The van der Waals surface area contributed by atoms with Crippen LogP contribution in [0.2, 0.25) is 0 Å². The molecule has 33 heavy (non-hydrogen) atoms. The second kappa shape index (κ2) is 9.72. The number of carbonyl (C=O) groups is 2. The highest BCUT2D eigenvalue weighted by Crippen LogP contribution is 2.21. The fraction of sp³-hybridized carbons (Fsp3) is 0.250. The monoisotopic (exact) mass is 451 g/mol. The summed E-state index contributed by atoms with van der Waals surface area (Å²) in [6, 6.07) is 8.71. The molecule has 9 heteroatoms. The number of likely N-dealkylation sites (tertiary alicyclic amines) is 1. The lowest BCUT2D eigenvalue weighted by molar-refractivity contribution is 0.0792. The summed E-state index contributed by atoms with van der Waals surface area (Å²) in [5.41, 5.74) is 7.49. The van der Waals surface area contributed by atoms with Gasteiger partial charge in [0.2, 0.25) is 0 Å². The van der Waals surface area contributed by atoms with E-state index in [1.165, 1.54) is 12.3 Å². The number of carbonyl (C=O) groups excluding carboxylic acids is 2. The number of aromatic nitrogens is 2. The molecule has 0 saturated carbocycles. The number of halogens is 2. The molecule has 3 aromatic rings. The largest absolute Gasteiger partial charge is 0.380 e. The number of hydrogen-bond donors (Lipinski definition) is 2. The van der Waals surface area contributed by atoms with Crippen molar-refractivity contribution in [3.63, 3.8) is 0 Å². The van der Waals surface area contributed by atoms with Gasteiger partial charge in [-0.1, -0.05) is 6.07 Å². The predicted octanol–water partition coefficient (Wildman–Crippen LogP) is 3.29. The van der Waals surface area contributed by atoms with Crippen LogP contribution >= 0.6 is 0 Å². The molecule has 0 atom stereocenters. The molecule has 3 N–H and O–H groups in total. The minimum atomic E-state index is -0.714. The highest BCUT2D eigenvalue weighted by atomic mass is 19.1. The van der Waals surface area contributed by atoms with Crippen molar-refractivity contribution in [1.82, 2.24) is 14.9 Å². The molecule has 1 fully saturated rings. The van der Waals surface area contributed by atoms with E-state index >= 15 is 0 Å². The Morgan fingerprint density at radius 3 is 2.33 bits per heavy atom. The van der Waals surface area contributed by atoms with Crippen LogP contribution in [0, 0.1) is 11.6 Å². The van der Waals surface area contributed by atoms with Gasteiger partial charge in [-0.05, 0) is 43.2 Å². The van der Waals surface area contributed by atoms with Crippen molar-refractivity contribution in [3.05, 3.63) is 88.5 Å². The smallest absolute Gasteiger partial charge is 0.255 e. The van der Waals surface area contributed by atoms with E-state index in [0.29, 0.717) is 29.1 Å². The van der Waals surface area contributed by atoms with Crippen LogP contribution in [-0.2, 0) is 13.0 Å². The summed E-state index contributed by atoms with van der Waals surface area (Å²) < 4.78 is 27.9. The van der Waals surface area contributed by atoms with Crippen LogP contribution in [0.1, 0.15) is 50.5 Å². The molecule has 1 aliphatic heterocycles. The molecule has 3 heterocycles. The van der Waals surface area contributed by atoms with Gasteiger partial charge >= 0.3 is 0 Å². The van der Waals surface area contributed by atoms with Crippen molar-refractivity contribution < 1.29 is 18.4 Å². The van der Waals surface area contributed by atoms with Crippen LogP contribution in [0.15, 0.2) is 48.8 Å². The van der Waals surface area contributed by atoms with Gasteiger partial charge in [-0.3, -0.25) is 19.6 Å². The Morgan fingerprint density at radius 1 is 1.00 bits per heavy atom. The van der Waals surface area contributed by atoms with Crippen LogP contribution < -0.4 is 11.1 Å². The second-order valence-corrected chi connectivity index (χ2v) is 7.85. The van der Waals surface area contributed by atoms with E-state index in [0.717, 1.165) is 38.1 Å². The first-order valence-corrected chi connectivity index (χ1v) is 10.6. The first-order chi connectivity index (χ1) is 15.9. The molecule has 1 aromatic carbocycles. The van der Waals surface area contributed by atoms with Crippen molar-refractivity contribution in [2.45, 2.75) is 25.8 Å². The molecular weight excluding hydrogens is 428 g/mol. The van der Waals surface area contributed by atoms with E-state index in [1.807, 2.05) is 4.90 Å². The summed E-state index contributed by atoms with van der Waals surface area (Å²) in [7, 11) is 0. The Hall–Kier alpha value is -3.88. The molecule has 7 nitrogen and oxygen atoms in total. The molecule has 0 radical (unpaired) electrons. The van der Waals surface area contributed by atoms with Gasteiger partial charge in [0.1, 0.15) is 11.6 Å². The van der Waals surface area contributed by atoms with E-state index in [4.69, 9.17) is 5.73 Å². The van der Waals surface area contributed by atoms with Gasteiger partial charge in [-0.25, -0.2) is 8.78 Å². The number of hydrogen-bond acceptors (Lipinski definition) is 5. The number of pyridine rings is 2. The average Bonchev–Trinajstić information content (AvgIpc) is 3.34. The third kappa shape index (κ3) is 5.14. The molecule has 0 aliphatic carbocycles. The Kier molecular flexibility index (Phi) is 6.58. The average molecular weight is 451 g/mol.